The van der Waals surface area contributed by atoms with Crippen molar-refractivity contribution in [3.63, 3.8) is 0 Å². The zero-order chi connectivity index (χ0) is 21.4. The highest BCUT2D eigenvalue weighted by Gasteiger charge is 2.15. The van der Waals surface area contributed by atoms with Gasteiger partial charge in [0, 0.05) is 58.2 Å². The topological polar surface area (TPSA) is 61.6 Å². The van der Waals surface area contributed by atoms with Crippen molar-refractivity contribution in [1.82, 2.24) is 25.0 Å². The lowest BCUT2D eigenvalue weighted by Crippen LogP contribution is -2.38. The molecule has 0 radical (unpaired) electrons. The molecule has 0 aromatic carbocycles. The fourth-order valence-corrected chi connectivity index (χ4v) is 3.37. The van der Waals surface area contributed by atoms with E-state index < -0.39 is 0 Å². The maximum atomic E-state index is 4.83. The monoisotopic (exact) mass is 399 g/mol. The minimum atomic E-state index is 0.398. The van der Waals surface area contributed by atoms with Crippen molar-refractivity contribution < 1.29 is 0 Å². The van der Waals surface area contributed by atoms with E-state index in [0.717, 1.165) is 49.2 Å². The number of hydrogen-bond donors (Lipinski definition) is 1. The van der Waals surface area contributed by atoms with Gasteiger partial charge in [0.05, 0.1) is 12.2 Å². The molecule has 29 heavy (non-hydrogen) atoms. The van der Waals surface area contributed by atoms with Crippen LogP contribution in [-0.2, 0) is 20.1 Å². The molecule has 0 aliphatic heterocycles. The summed E-state index contributed by atoms with van der Waals surface area (Å²) in [5.74, 6) is 2.30. The molecular weight excluding hydrogens is 362 g/mol. The normalized spacial score (nSPS) is 11.8. The van der Waals surface area contributed by atoms with Crippen LogP contribution in [0.2, 0.25) is 0 Å². The molecule has 2 aromatic heterocycles. The SMILES string of the molecule is CCNC(=NCc1ccc(N(CC)CC)nc1)N(C)Cc1cn(C)nc1C(C)C. The highest BCUT2D eigenvalue weighted by Crippen LogP contribution is 2.18. The maximum Gasteiger partial charge on any atom is 0.194 e. The summed E-state index contributed by atoms with van der Waals surface area (Å²) in [5, 5.41) is 8.01. The average Bonchev–Trinajstić information content (AvgIpc) is 3.07. The molecule has 2 rings (SSSR count). The molecule has 2 aromatic rings. The van der Waals surface area contributed by atoms with Gasteiger partial charge in [-0.25, -0.2) is 9.98 Å². The van der Waals surface area contributed by atoms with E-state index in [0.29, 0.717) is 12.5 Å². The zero-order valence-electron chi connectivity index (χ0n) is 19.1. The molecule has 0 amide bonds. The molecule has 7 heteroatoms. The Bertz CT molecular complexity index is 773. The second-order valence-electron chi connectivity index (χ2n) is 7.59. The average molecular weight is 400 g/mol. The number of nitrogens with zero attached hydrogens (tertiary/aromatic N) is 6. The van der Waals surface area contributed by atoms with E-state index in [4.69, 9.17) is 4.99 Å². The van der Waals surface area contributed by atoms with Crippen LogP contribution in [-0.4, -0.2) is 52.3 Å². The fourth-order valence-electron chi connectivity index (χ4n) is 3.37. The van der Waals surface area contributed by atoms with Crippen LogP contribution in [0.3, 0.4) is 0 Å². The summed E-state index contributed by atoms with van der Waals surface area (Å²) < 4.78 is 1.89. The molecular formula is C22H37N7. The van der Waals surface area contributed by atoms with E-state index >= 15 is 0 Å². The number of pyridine rings is 1. The number of guanidine groups is 1. The van der Waals surface area contributed by atoms with Crippen molar-refractivity contribution in [3.05, 3.63) is 41.3 Å². The van der Waals surface area contributed by atoms with Crippen LogP contribution in [0.15, 0.2) is 29.5 Å². The molecule has 0 fully saturated rings. The van der Waals surface area contributed by atoms with Crippen molar-refractivity contribution in [3.8, 4) is 0 Å². The summed E-state index contributed by atoms with van der Waals surface area (Å²) in [6, 6.07) is 4.20. The molecule has 2 heterocycles. The first kappa shape index (κ1) is 22.7. The summed E-state index contributed by atoms with van der Waals surface area (Å²) in [7, 11) is 4.05. The van der Waals surface area contributed by atoms with Crippen molar-refractivity contribution in [1.29, 1.82) is 0 Å². The van der Waals surface area contributed by atoms with E-state index in [1.165, 1.54) is 5.56 Å². The number of hydrogen-bond acceptors (Lipinski definition) is 4. The minimum Gasteiger partial charge on any atom is -0.357 e. The first-order valence-electron chi connectivity index (χ1n) is 10.6. The molecule has 0 spiro atoms. The second-order valence-corrected chi connectivity index (χ2v) is 7.59. The highest BCUT2D eigenvalue weighted by molar-refractivity contribution is 5.79. The van der Waals surface area contributed by atoms with Gasteiger partial charge < -0.3 is 15.1 Å². The summed E-state index contributed by atoms with van der Waals surface area (Å²) >= 11 is 0. The Morgan fingerprint density at radius 1 is 1.21 bits per heavy atom. The molecule has 7 nitrogen and oxygen atoms in total. The predicted molar refractivity (Wildman–Crippen MR) is 121 cm³/mol. The van der Waals surface area contributed by atoms with Gasteiger partial charge in [0.25, 0.3) is 0 Å². The molecule has 0 aliphatic rings. The molecule has 0 saturated carbocycles. The minimum absolute atomic E-state index is 0.398. The first-order valence-corrected chi connectivity index (χ1v) is 10.6. The van der Waals surface area contributed by atoms with Crippen LogP contribution in [0, 0.1) is 0 Å². The van der Waals surface area contributed by atoms with Crippen LogP contribution in [0.25, 0.3) is 0 Å². The molecule has 0 unspecified atom stereocenters. The summed E-state index contributed by atoms with van der Waals surface area (Å²) in [4.78, 5) is 13.8. The Hall–Kier alpha value is -2.57. The Morgan fingerprint density at radius 3 is 2.48 bits per heavy atom. The Kier molecular flexibility index (Phi) is 8.49. The van der Waals surface area contributed by atoms with Crippen LogP contribution in [0.1, 0.15) is 57.4 Å². The van der Waals surface area contributed by atoms with Crippen LogP contribution < -0.4 is 10.2 Å². The van der Waals surface area contributed by atoms with Gasteiger partial charge >= 0.3 is 0 Å². The third-order valence-electron chi connectivity index (χ3n) is 4.90. The van der Waals surface area contributed by atoms with Crippen LogP contribution in [0.4, 0.5) is 5.82 Å². The van der Waals surface area contributed by atoms with Gasteiger partial charge in [0.15, 0.2) is 5.96 Å². The molecule has 0 atom stereocenters. The number of aryl methyl sites for hydroxylation is 1. The quantitative estimate of drug-likeness (QED) is 0.517. The second kappa shape index (κ2) is 10.8. The number of anilines is 1. The smallest absolute Gasteiger partial charge is 0.194 e. The van der Waals surface area contributed by atoms with Gasteiger partial charge in [-0.1, -0.05) is 19.9 Å². The van der Waals surface area contributed by atoms with Gasteiger partial charge in [-0.3, -0.25) is 4.68 Å². The largest absolute Gasteiger partial charge is 0.357 e. The van der Waals surface area contributed by atoms with Crippen molar-refractivity contribution >= 4 is 11.8 Å². The van der Waals surface area contributed by atoms with Crippen LogP contribution in [0.5, 0.6) is 0 Å². The van der Waals surface area contributed by atoms with Crippen molar-refractivity contribution in [2.24, 2.45) is 12.0 Å². The van der Waals surface area contributed by atoms with Gasteiger partial charge in [-0.15, -0.1) is 0 Å². The van der Waals surface area contributed by atoms with E-state index in [1.807, 2.05) is 17.9 Å². The van der Waals surface area contributed by atoms with E-state index in [9.17, 15) is 0 Å². The van der Waals surface area contributed by atoms with Gasteiger partial charge in [-0.2, -0.15) is 5.10 Å². The molecule has 160 valence electrons. The maximum absolute atomic E-state index is 4.83. The summed E-state index contributed by atoms with van der Waals surface area (Å²) in [5.41, 5.74) is 3.49. The van der Waals surface area contributed by atoms with Crippen molar-refractivity contribution in [2.45, 2.75) is 53.6 Å². The highest BCUT2D eigenvalue weighted by atomic mass is 15.3. The van der Waals surface area contributed by atoms with E-state index in [1.54, 1.807) is 0 Å². The predicted octanol–water partition coefficient (Wildman–Crippen LogP) is 3.38. The van der Waals surface area contributed by atoms with Gasteiger partial charge in [-0.05, 0) is 38.3 Å². The number of nitrogens with one attached hydrogen (secondary N) is 1. The molecule has 0 bridgehead atoms. The van der Waals surface area contributed by atoms with E-state index in [2.05, 4.69) is 85.2 Å². The van der Waals surface area contributed by atoms with Gasteiger partial charge in [0.1, 0.15) is 5.82 Å². The number of rotatable bonds is 9. The fraction of sp³-hybridized carbons (Fsp3) is 0.591. The van der Waals surface area contributed by atoms with E-state index in [-0.39, 0.29) is 0 Å². The lowest BCUT2D eigenvalue weighted by molar-refractivity contribution is 0.473. The molecule has 0 saturated heterocycles. The Labute approximate surface area is 175 Å². The van der Waals surface area contributed by atoms with Gasteiger partial charge in [0.2, 0.25) is 0 Å². The lowest BCUT2D eigenvalue weighted by Gasteiger charge is -2.22. The third-order valence-corrected chi connectivity index (χ3v) is 4.90. The number of aromatic nitrogens is 3. The summed E-state index contributed by atoms with van der Waals surface area (Å²) in [6.07, 6.45) is 4.03. The number of aliphatic imine (C=N–C) groups is 1. The Balaban J connectivity index is 2.11. The van der Waals surface area contributed by atoms with Crippen LogP contribution >= 0.6 is 0 Å². The standard InChI is InChI=1S/C22H37N7/c1-8-23-22(27(6)15-19-16-28(7)26-21(19)17(4)5)25-14-18-11-12-20(24-13-18)29(9-2)10-3/h11-13,16-17H,8-10,14-15H2,1-7H3,(H,23,25). The zero-order valence-corrected chi connectivity index (χ0v) is 19.1. The first-order chi connectivity index (χ1) is 13.9. The summed E-state index contributed by atoms with van der Waals surface area (Å²) in [6.45, 7) is 14.9. The molecule has 0 aliphatic carbocycles. The third kappa shape index (κ3) is 6.21. The molecule has 1 N–H and O–H groups in total. The Morgan fingerprint density at radius 2 is 1.93 bits per heavy atom. The van der Waals surface area contributed by atoms with Crippen molar-refractivity contribution in [2.75, 3.05) is 31.6 Å². The lowest BCUT2D eigenvalue weighted by atomic mass is 10.1.